The molecule has 0 bridgehead atoms. The first-order valence-corrected chi connectivity index (χ1v) is 7.96. The fourth-order valence-electron chi connectivity index (χ4n) is 2.25. The molecule has 24 heavy (non-hydrogen) atoms. The highest BCUT2D eigenvalue weighted by Crippen LogP contribution is 2.01. The SMILES string of the molecule is O=C(CNC(=O)NCc1ccc(F)cc1)NCCN1CCOCC1. The molecule has 0 atom stereocenters. The Morgan fingerprint density at radius 1 is 1.08 bits per heavy atom. The van der Waals surface area contributed by atoms with Crippen LogP contribution in [0.3, 0.4) is 0 Å². The van der Waals surface area contributed by atoms with Gasteiger partial charge in [0.25, 0.3) is 0 Å². The summed E-state index contributed by atoms with van der Waals surface area (Å²) in [7, 11) is 0. The van der Waals surface area contributed by atoms with E-state index in [2.05, 4.69) is 20.9 Å². The van der Waals surface area contributed by atoms with Crippen molar-refractivity contribution in [1.82, 2.24) is 20.9 Å². The van der Waals surface area contributed by atoms with Crippen molar-refractivity contribution in [3.63, 3.8) is 0 Å². The van der Waals surface area contributed by atoms with Crippen molar-refractivity contribution in [2.24, 2.45) is 0 Å². The van der Waals surface area contributed by atoms with E-state index in [0.717, 1.165) is 38.4 Å². The summed E-state index contributed by atoms with van der Waals surface area (Å²) in [4.78, 5) is 25.5. The molecule has 2 rings (SSSR count). The Morgan fingerprint density at radius 3 is 2.50 bits per heavy atom. The highest BCUT2D eigenvalue weighted by Gasteiger charge is 2.10. The first kappa shape index (κ1) is 18.2. The van der Waals surface area contributed by atoms with Crippen LogP contribution in [-0.2, 0) is 16.1 Å². The van der Waals surface area contributed by atoms with Crippen LogP contribution in [0.4, 0.5) is 9.18 Å². The lowest BCUT2D eigenvalue weighted by Crippen LogP contribution is -2.45. The van der Waals surface area contributed by atoms with Gasteiger partial charge in [0.2, 0.25) is 5.91 Å². The van der Waals surface area contributed by atoms with Crippen LogP contribution < -0.4 is 16.0 Å². The number of halogens is 1. The summed E-state index contributed by atoms with van der Waals surface area (Å²) in [5, 5.41) is 7.85. The number of nitrogens with zero attached hydrogens (tertiary/aromatic N) is 1. The van der Waals surface area contributed by atoms with E-state index in [1.165, 1.54) is 12.1 Å². The smallest absolute Gasteiger partial charge is 0.315 e. The van der Waals surface area contributed by atoms with Crippen LogP contribution in [0.25, 0.3) is 0 Å². The van der Waals surface area contributed by atoms with Crippen molar-refractivity contribution in [2.45, 2.75) is 6.54 Å². The fourth-order valence-corrected chi connectivity index (χ4v) is 2.25. The van der Waals surface area contributed by atoms with Crippen molar-refractivity contribution < 1.29 is 18.7 Å². The Bertz CT molecular complexity index is 533. The van der Waals surface area contributed by atoms with Gasteiger partial charge in [-0.2, -0.15) is 0 Å². The zero-order valence-corrected chi connectivity index (χ0v) is 13.5. The standard InChI is InChI=1S/C16H23FN4O3/c17-14-3-1-13(2-4-14)11-19-16(23)20-12-15(22)18-5-6-21-7-9-24-10-8-21/h1-4H,5-12H2,(H,18,22)(H2,19,20,23). The molecule has 1 fully saturated rings. The van der Waals surface area contributed by atoms with Gasteiger partial charge in [-0.05, 0) is 17.7 Å². The molecule has 3 amide bonds. The number of urea groups is 1. The van der Waals surface area contributed by atoms with E-state index in [4.69, 9.17) is 4.74 Å². The Hall–Kier alpha value is -2.19. The van der Waals surface area contributed by atoms with E-state index in [1.54, 1.807) is 12.1 Å². The minimum absolute atomic E-state index is 0.0850. The molecule has 3 N–H and O–H groups in total. The molecule has 7 nitrogen and oxygen atoms in total. The van der Waals surface area contributed by atoms with Crippen LogP contribution in [0.15, 0.2) is 24.3 Å². The molecule has 1 aliphatic rings. The van der Waals surface area contributed by atoms with Gasteiger partial charge in [0.1, 0.15) is 5.82 Å². The van der Waals surface area contributed by atoms with Gasteiger partial charge in [-0.25, -0.2) is 9.18 Å². The average Bonchev–Trinajstić information content (AvgIpc) is 2.60. The van der Waals surface area contributed by atoms with Crippen LogP contribution in [0.1, 0.15) is 5.56 Å². The van der Waals surface area contributed by atoms with Crippen molar-refractivity contribution in [3.05, 3.63) is 35.6 Å². The van der Waals surface area contributed by atoms with E-state index in [1.807, 2.05) is 0 Å². The lowest BCUT2D eigenvalue weighted by Gasteiger charge is -2.26. The second kappa shape index (κ2) is 9.84. The average molecular weight is 338 g/mol. The minimum atomic E-state index is -0.442. The highest BCUT2D eigenvalue weighted by molar-refractivity contribution is 5.83. The third kappa shape index (κ3) is 6.93. The Labute approximate surface area is 140 Å². The number of nitrogens with one attached hydrogen (secondary N) is 3. The number of hydrogen-bond donors (Lipinski definition) is 3. The van der Waals surface area contributed by atoms with E-state index in [-0.39, 0.29) is 24.8 Å². The molecule has 132 valence electrons. The van der Waals surface area contributed by atoms with Gasteiger partial charge < -0.3 is 20.7 Å². The topological polar surface area (TPSA) is 82.7 Å². The summed E-state index contributed by atoms with van der Waals surface area (Å²) in [6, 6.07) is 5.40. The van der Waals surface area contributed by atoms with Gasteiger partial charge in [-0.15, -0.1) is 0 Å². The minimum Gasteiger partial charge on any atom is -0.379 e. The lowest BCUT2D eigenvalue weighted by atomic mass is 10.2. The summed E-state index contributed by atoms with van der Waals surface area (Å²) in [5.41, 5.74) is 0.779. The molecule has 0 aromatic heterocycles. The molecule has 0 spiro atoms. The predicted octanol–water partition coefficient (Wildman–Crippen LogP) is 0.0733. The number of amides is 3. The zero-order chi connectivity index (χ0) is 17.2. The Morgan fingerprint density at radius 2 is 1.79 bits per heavy atom. The van der Waals surface area contributed by atoms with Gasteiger partial charge in [0.05, 0.1) is 19.8 Å². The number of carbonyl (C=O) groups is 2. The third-order valence-corrected chi connectivity index (χ3v) is 3.63. The van der Waals surface area contributed by atoms with E-state index < -0.39 is 6.03 Å². The van der Waals surface area contributed by atoms with Gasteiger partial charge in [-0.1, -0.05) is 12.1 Å². The van der Waals surface area contributed by atoms with E-state index in [0.29, 0.717) is 6.54 Å². The fraction of sp³-hybridized carbons (Fsp3) is 0.500. The summed E-state index contributed by atoms with van der Waals surface area (Å²) in [6.07, 6.45) is 0. The zero-order valence-electron chi connectivity index (χ0n) is 13.5. The molecule has 1 aromatic carbocycles. The number of ether oxygens (including phenoxy) is 1. The molecule has 1 aliphatic heterocycles. The van der Waals surface area contributed by atoms with Crippen LogP contribution in [0, 0.1) is 5.82 Å². The van der Waals surface area contributed by atoms with Crippen molar-refractivity contribution in [2.75, 3.05) is 45.9 Å². The second-order valence-electron chi connectivity index (χ2n) is 5.47. The molecular formula is C16H23FN4O3. The van der Waals surface area contributed by atoms with Crippen molar-refractivity contribution in [3.8, 4) is 0 Å². The maximum atomic E-state index is 12.8. The van der Waals surface area contributed by atoms with Gasteiger partial charge >= 0.3 is 6.03 Å². The lowest BCUT2D eigenvalue weighted by molar-refractivity contribution is -0.120. The van der Waals surface area contributed by atoms with Gasteiger partial charge in [-0.3, -0.25) is 9.69 Å². The maximum Gasteiger partial charge on any atom is 0.315 e. The molecule has 0 aliphatic carbocycles. The number of carbonyl (C=O) groups excluding carboxylic acids is 2. The first-order chi connectivity index (χ1) is 11.6. The first-order valence-electron chi connectivity index (χ1n) is 7.96. The number of morpholine rings is 1. The maximum absolute atomic E-state index is 12.8. The number of rotatable bonds is 7. The molecule has 8 heteroatoms. The molecule has 1 aromatic rings. The quantitative estimate of drug-likeness (QED) is 0.657. The molecule has 0 unspecified atom stereocenters. The highest BCUT2D eigenvalue weighted by atomic mass is 19.1. The normalized spacial score (nSPS) is 14.9. The summed E-state index contributed by atoms with van der Waals surface area (Å²) < 4.78 is 18.0. The van der Waals surface area contributed by atoms with E-state index >= 15 is 0 Å². The molecule has 1 saturated heterocycles. The summed E-state index contributed by atoms with van der Waals surface area (Å²) in [6.45, 7) is 4.69. The summed E-state index contributed by atoms with van der Waals surface area (Å²) >= 11 is 0. The number of benzene rings is 1. The monoisotopic (exact) mass is 338 g/mol. The Kier molecular flexibility index (Phi) is 7.44. The second-order valence-corrected chi connectivity index (χ2v) is 5.47. The molecular weight excluding hydrogens is 315 g/mol. The van der Waals surface area contributed by atoms with E-state index in [9.17, 15) is 14.0 Å². The molecule has 0 saturated carbocycles. The predicted molar refractivity (Wildman–Crippen MR) is 86.9 cm³/mol. The Balaban J connectivity index is 1.53. The summed E-state index contributed by atoms with van der Waals surface area (Å²) in [5.74, 6) is -0.558. The van der Waals surface area contributed by atoms with Gasteiger partial charge in [0, 0.05) is 32.7 Å². The largest absolute Gasteiger partial charge is 0.379 e. The van der Waals surface area contributed by atoms with Crippen LogP contribution >= 0.6 is 0 Å². The molecule has 0 radical (unpaired) electrons. The van der Waals surface area contributed by atoms with Gasteiger partial charge in [0.15, 0.2) is 0 Å². The number of hydrogen-bond acceptors (Lipinski definition) is 4. The third-order valence-electron chi connectivity index (χ3n) is 3.63. The van der Waals surface area contributed by atoms with Crippen LogP contribution in [0.2, 0.25) is 0 Å². The van der Waals surface area contributed by atoms with Crippen LogP contribution in [-0.4, -0.2) is 62.8 Å². The molecule has 1 heterocycles. The van der Waals surface area contributed by atoms with Crippen molar-refractivity contribution >= 4 is 11.9 Å². The van der Waals surface area contributed by atoms with Crippen molar-refractivity contribution in [1.29, 1.82) is 0 Å². The van der Waals surface area contributed by atoms with Crippen LogP contribution in [0.5, 0.6) is 0 Å².